The molecule has 0 amide bonds. The maximum atomic E-state index is 14.1. The Bertz CT molecular complexity index is 833. The highest BCUT2D eigenvalue weighted by atomic mass is 32.2. The molecule has 0 atom stereocenters. The van der Waals surface area contributed by atoms with Crippen molar-refractivity contribution in [2.24, 2.45) is 0 Å². The number of rotatable bonds is 4. The Kier molecular flexibility index (Phi) is 4.14. The molecule has 0 fully saturated rings. The van der Waals surface area contributed by atoms with E-state index in [1.165, 1.54) is 25.1 Å². The van der Waals surface area contributed by atoms with E-state index in [1.807, 2.05) is 4.72 Å². The Labute approximate surface area is 126 Å². The zero-order chi connectivity index (χ0) is 16.5. The van der Waals surface area contributed by atoms with Crippen molar-refractivity contribution in [3.63, 3.8) is 0 Å². The SMILES string of the molecule is Cc1ccc(S(=O)(=O)Nc2c([N+](=O)[O-])ccc(C)c2F)cc1. The molecule has 0 saturated carbocycles. The van der Waals surface area contributed by atoms with E-state index in [2.05, 4.69) is 0 Å². The Balaban J connectivity index is 2.52. The quantitative estimate of drug-likeness (QED) is 0.691. The summed E-state index contributed by atoms with van der Waals surface area (Å²) in [5.74, 6) is -0.968. The van der Waals surface area contributed by atoms with E-state index in [4.69, 9.17) is 0 Å². The number of halogens is 1. The van der Waals surface area contributed by atoms with Gasteiger partial charge in [-0.25, -0.2) is 12.8 Å². The van der Waals surface area contributed by atoms with Gasteiger partial charge in [-0.3, -0.25) is 14.8 Å². The lowest BCUT2D eigenvalue weighted by molar-refractivity contribution is -0.384. The zero-order valence-corrected chi connectivity index (χ0v) is 12.6. The Morgan fingerprint density at radius 1 is 1.09 bits per heavy atom. The van der Waals surface area contributed by atoms with E-state index in [9.17, 15) is 22.9 Å². The van der Waals surface area contributed by atoms with Gasteiger partial charge in [-0.2, -0.15) is 0 Å². The van der Waals surface area contributed by atoms with Gasteiger partial charge in [0, 0.05) is 6.07 Å². The molecule has 0 aliphatic carbocycles. The Hall–Kier alpha value is -2.48. The van der Waals surface area contributed by atoms with Crippen molar-refractivity contribution in [2.45, 2.75) is 18.7 Å². The monoisotopic (exact) mass is 324 g/mol. The van der Waals surface area contributed by atoms with E-state index in [0.717, 1.165) is 11.6 Å². The number of nitro groups is 1. The normalized spacial score (nSPS) is 11.2. The third kappa shape index (κ3) is 3.06. The number of nitrogens with zero attached hydrogens (tertiary/aromatic N) is 1. The molecule has 6 nitrogen and oxygen atoms in total. The molecule has 2 aromatic rings. The van der Waals surface area contributed by atoms with Gasteiger partial charge in [-0.15, -0.1) is 0 Å². The second kappa shape index (κ2) is 5.72. The molecule has 0 heterocycles. The first-order valence-electron chi connectivity index (χ1n) is 6.25. The van der Waals surface area contributed by atoms with Crippen LogP contribution in [0.5, 0.6) is 0 Å². The third-order valence-electron chi connectivity index (χ3n) is 3.08. The van der Waals surface area contributed by atoms with E-state index in [-0.39, 0.29) is 10.5 Å². The zero-order valence-electron chi connectivity index (χ0n) is 11.8. The summed E-state index contributed by atoms with van der Waals surface area (Å²) in [7, 11) is -4.12. The van der Waals surface area contributed by atoms with Crippen LogP contribution in [0.3, 0.4) is 0 Å². The molecule has 0 unspecified atom stereocenters. The lowest BCUT2D eigenvalue weighted by Gasteiger charge is -2.11. The van der Waals surface area contributed by atoms with Gasteiger partial charge >= 0.3 is 0 Å². The van der Waals surface area contributed by atoms with Crippen molar-refractivity contribution in [1.29, 1.82) is 0 Å². The van der Waals surface area contributed by atoms with Crippen LogP contribution in [-0.4, -0.2) is 13.3 Å². The average molecular weight is 324 g/mol. The summed E-state index contributed by atoms with van der Waals surface area (Å²) < 4.78 is 40.6. The highest BCUT2D eigenvalue weighted by Gasteiger charge is 2.25. The van der Waals surface area contributed by atoms with Crippen LogP contribution in [0, 0.1) is 29.8 Å². The number of sulfonamides is 1. The van der Waals surface area contributed by atoms with Gasteiger partial charge in [-0.1, -0.05) is 17.7 Å². The molecular formula is C14H13FN2O4S. The summed E-state index contributed by atoms with van der Waals surface area (Å²) in [6, 6.07) is 8.13. The molecule has 0 bridgehead atoms. The first-order valence-corrected chi connectivity index (χ1v) is 7.73. The predicted octanol–water partition coefficient (Wildman–Crippen LogP) is 3.15. The van der Waals surface area contributed by atoms with Gasteiger partial charge in [0.05, 0.1) is 9.82 Å². The summed E-state index contributed by atoms with van der Waals surface area (Å²) >= 11 is 0. The van der Waals surface area contributed by atoms with Gasteiger partial charge in [0.25, 0.3) is 15.7 Å². The lowest BCUT2D eigenvalue weighted by Crippen LogP contribution is -2.15. The summed E-state index contributed by atoms with van der Waals surface area (Å²) in [4.78, 5) is 10.0. The fraction of sp³-hybridized carbons (Fsp3) is 0.143. The number of hydrogen-bond acceptors (Lipinski definition) is 4. The standard InChI is InChI=1S/C14H13FN2O4S/c1-9-3-6-11(7-4-9)22(20,21)16-14-12(17(18)19)8-5-10(2)13(14)15/h3-8,16H,1-2H3. The van der Waals surface area contributed by atoms with Crippen LogP contribution in [0.2, 0.25) is 0 Å². The minimum atomic E-state index is -4.12. The van der Waals surface area contributed by atoms with E-state index in [0.29, 0.717) is 0 Å². The predicted molar refractivity (Wildman–Crippen MR) is 79.8 cm³/mol. The molecule has 1 N–H and O–H groups in total. The number of benzene rings is 2. The van der Waals surface area contributed by atoms with Gasteiger partial charge in [0.15, 0.2) is 11.5 Å². The fourth-order valence-corrected chi connectivity index (χ4v) is 2.91. The molecule has 22 heavy (non-hydrogen) atoms. The average Bonchev–Trinajstić information content (AvgIpc) is 2.44. The smallest absolute Gasteiger partial charge is 0.271 e. The molecule has 2 aromatic carbocycles. The molecule has 2 rings (SSSR count). The molecule has 0 aliphatic heterocycles. The molecule has 116 valence electrons. The van der Waals surface area contributed by atoms with Crippen LogP contribution in [-0.2, 0) is 10.0 Å². The summed E-state index contributed by atoms with van der Waals surface area (Å²) in [5.41, 5.74) is -0.344. The lowest BCUT2D eigenvalue weighted by atomic mass is 10.2. The number of nitrogens with one attached hydrogen (secondary N) is 1. The second-order valence-electron chi connectivity index (χ2n) is 4.77. The Morgan fingerprint density at radius 3 is 2.23 bits per heavy atom. The minimum Gasteiger partial charge on any atom is -0.271 e. The van der Waals surface area contributed by atoms with Crippen LogP contribution in [0.1, 0.15) is 11.1 Å². The second-order valence-corrected chi connectivity index (χ2v) is 6.45. The molecule has 8 heteroatoms. The number of aryl methyl sites for hydroxylation is 2. The van der Waals surface area contributed by atoms with Crippen LogP contribution in [0.15, 0.2) is 41.3 Å². The molecule has 0 radical (unpaired) electrons. The van der Waals surface area contributed by atoms with Gasteiger partial charge in [0.2, 0.25) is 0 Å². The molecule has 0 aliphatic rings. The van der Waals surface area contributed by atoms with Gasteiger partial charge in [0.1, 0.15) is 0 Å². The largest absolute Gasteiger partial charge is 0.296 e. The third-order valence-corrected chi connectivity index (χ3v) is 4.44. The van der Waals surface area contributed by atoms with Crippen LogP contribution in [0.4, 0.5) is 15.8 Å². The molecule has 0 spiro atoms. The Morgan fingerprint density at radius 2 is 1.68 bits per heavy atom. The van der Waals surface area contributed by atoms with Crippen LogP contribution >= 0.6 is 0 Å². The maximum Gasteiger partial charge on any atom is 0.296 e. The van der Waals surface area contributed by atoms with E-state index in [1.54, 1.807) is 19.1 Å². The first kappa shape index (κ1) is 15.9. The minimum absolute atomic E-state index is 0.103. The van der Waals surface area contributed by atoms with Crippen molar-refractivity contribution in [1.82, 2.24) is 0 Å². The fourth-order valence-electron chi connectivity index (χ4n) is 1.83. The first-order chi connectivity index (χ1) is 10.2. The van der Waals surface area contributed by atoms with E-state index >= 15 is 0 Å². The van der Waals surface area contributed by atoms with E-state index < -0.39 is 32.1 Å². The van der Waals surface area contributed by atoms with Crippen LogP contribution < -0.4 is 4.72 Å². The topological polar surface area (TPSA) is 89.3 Å². The molecule has 0 saturated heterocycles. The number of nitro benzene ring substituents is 1. The number of hydrogen-bond donors (Lipinski definition) is 1. The van der Waals surface area contributed by atoms with Crippen molar-refractivity contribution < 1.29 is 17.7 Å². The summed E-state index contributed by atoms with van der Waals surface area (Å²) in [6.07, 6.45) is 0. The van der Waals surface area contributed by atoms with Gasteiger partial charge in [-0.05, 0) is 37.6 Å². The van der Waals surface area contributed by atoms with Crippen molar-refractivity contribution in [3.8, 4) is 0 Å². The highest BCUT2D eigenvalue weighted by Crippen LogP contribution is 2.31. The summed E-state index contributed by atoms with van der Waals surface area (Å²) in [5, 5.41) is 11.0. The maximum absolute atomic E-state index is 14.1. The molecular weight excluding hydrogens is 311 g/mol. The summed E-state index contributed by atoms with van der Waals surface area (Å²) in [6.45, 7) is 3.18. The van der Waals surface area contributed by atoms with Crippen LogP contribution in [0.25, 0.3) is 0 Å². The van der Waals surface area contributed by atoms with Gasteiger partial charge < -0.3 is 0 Å². The highest BCUT2D eigenvalue weighted by molar-refractivity contribution is 7.92. The van der Waals surface area contributed by atoms with Crippen molar-refractivity contribution in [2.75, 3.05) is 4.72 Å². The number of anilines is 1. The molecule has 0 aromatic heterocycles. The van der Waals surface area contributed by atoms with Crippen molar-refractivity contribution >= 4 is 21.4 Å². The van der Waals surface area contributed by atoms with Crippen molar-refractivity contribution in [3.05, 3.63) is 63.5 Å².